The summed E-state index contributed by atoms with van der Waals surface area (Å²) in [5, 5.41) is 0. The zero-order chi connectivity index (χ0) is 8.53. The Labute approximate surface area is 72.9 Å². The molecule has 0 fully saturated rings. The van der Waals surface area contributed by atoms with Gasteiger partial charge < -0.3 is 4.43 Å². The fourth-order valence-corrected chi connectivity index (χ4v) is 3.72. The van der Waals surface area contributed by atoms with Crippen molar-refractivity contribution in [2.45, 2.75) is 52.1 Å². The van der Waals surface area contributed by atoms with E-state index in [0.717, 1.165) is 6.61 Å². The summed E-state index contributed by atoms with van der Waals surface area (Å²) in [7, 11) is -0.751. The van der Waals surface area contributed by atoms with Crippen LogP contribution in [0.5, 0.6) is 0 Å². The first kappa shape index (κ1) is 11.2. The van der Waals surface area contributed by atoms with Crippen molar-refractivity contribution in [1.82, 2.24) is 0 Å². The SMILES string of the molecule is CCCO[SiH](CCC)CCC. The average Bonchev–Trinajstić information content (AvgIpc) is 2.01. The highest BCUT2D eigenvalue weighted by Gasteiger charge is 2.07. The fourth-order valence-electron chi connectivity index (χ4n) is 1.24. The summed E-state index contributed by atoms with van der Waals surface area (Å²) < 4.78 is 5.81. The predicted molar refractivity (Wildman–Crippen MR) is 53.6 cm³/mol. The second-order valence-electron chi connectivity index (χ2n) is 3.07. The Hall–Kier alpha value is 0.177. The lowest BCUT2D eigenvalue weighted by Gasteiger charge is -2.13. The molecule has 0 aliphatic heterocycles. The third kappa shape index (κ3) is 6.57. The highest BCUT2D eigenvalue weighted by molar-refractivity contribution is 6.51. The average molecular weight is 174 g/mol. The predicted octanol–water partition coefficient (Wildman–Crippen LogP) is 2.96. The topological polar surface area (TPSA) is 9.23 Å². The molecule has 0 saturated carbocycles. The molecule has 0 radical (unpaired) electrons. The fraction of sp³-hybridized carbons (Fsp3) is 1.00. The van der Waals surface area contributed by atoms with E-state index < -0.39 is 9.04 Å². The van der Waals surface area contributed by atoms with Crippen LogP contribution in [0.25, 0.3) is 0 Å². The van der Waals surface area contributed by atoms with Gasteiger partial charge in [-0.1, -0.05) is 33.6 Å². The number of hydrogen-bond donors (Lipinski definition) is 0. The molecule has 1 nitrogen and oxygen atoms in total. The van der Waals surface area contributed by atoms with Gasteiger partial charge in [0.05, 0.1) is 0 Å². The molecule has 0 atom stereocenters. The van der Waals surface area contributed by atoms with Crippen molar-refractivity contribution in [3.63, 3.8) is 0 Å². The Morgan fingerprint density at radius 1 is 0.909 bits per heavy atom. The summed E-state index contributed by atoms with van der Waals surface area (Å²) in [6, 6.07) is 2.74. The van der Waals surface area contributed by atoms with Crippen molar-refractivity contribution >= 4 is 9.04 Å². The Morgan fingerprint density at radius 3 is 1.82 bits per heavy atom. The molecule has 0 unspecified atom stereocenters. The normalized spacial score (nSPS) is 10.9. The van der Waals surface area contributed by atoms with E-state index >= 15 is 0 Å². The molecule has 0 aromatic heterocycles. The molecular formula is C9H22OSi. The lowest BCUT2D eigenvalue weighted by atomic mass is 10.5. The van der Waals surface area contributed by atoms with Crippen LogP contribution in [0.3, 0.4) is 0 Å². The van der Waals surface area contributed by atoms with Gasteiger partial charge in [-0.3, -0.25) is 0 Å². The Balaban J connectivity index is 3.34. The monoisotopic (exact) mass is 174 g/mol. The van der Waals surface area contributed by atoms with Gasteiger partial charge in [-0.25, -0.2) is 0 Å². The second-order valence-corrected chi connectivity index (χ2v) is 5.80. The van der Waals surface area contributed by atoms with E-state index in [-0.39, 0.29) is 0 Å². The maximum Gasteiger partial charge on any atom is 0.176 e. The molecule has 0 bridgehead atoms. The van der Waals surface area contributed by atoms with Crippen LogP contribution >= 0.6 is 0 Å². The van der Waals surface area contributed by atoms with Crippen LogP contribution < -0.4 is 0 Å². The zero-order valence-electron chi connectivity index (χ0n) is 8.23. The highest BCUT2D eigenvalue weighted by Crippen LogP contribution is 2.07. The molecule has 0 aromatic carbocycles. The summed E-state index contributed by atoms with van der Waals surface area (Å²) in [5.74, 6) is 0. The van der Waals surface area contributed by atoms with Gasteiger partial charge >= 0.3 is 0 Å². The van der Waals surface area contributed by atoms with Crippen LogP contribution in [-0.2, 0) is 4.43 Å². The van der Waals surface area contributed by atoms with E-state index in [9.17, 15) is 0 Å². The van der Waals surface area contributed by atoms with E-state index in [1.54, 1.807) is 0 Å². The van der Waals surface area contributed by atoms with Crippen molar-refractivity contribution in [2.24, 2.45) is 0 Å². The van der Waals surface area contributed by atoms with Crippen LogP contribution in [0.2, 0.25) is 12.1 Å². The maximum atomic E-state index is 5.81. The summed E-state index contributed by atoms with van der Waals surface area (Å²) in [6.45, 7) is 7.69. The van der Waals surface area contributed by atoms with Gasteiger partial charge in [0.2, 0.25) is 0 Å². The quantitative estimate of drug-likeness (QED) is 0.539. The van der Waals surface area contributed by atoms with Crippen LogP contribution in [0, 0.1) is 0 Å². The molecule has 0 saturated heterocycles. The second kappa shape index (κ2) is 8.28. The molecule has 0 heterocycles. The minimum absolute atomic E-state index is 0.751. The minimum atomic E-state index is -0.751. The third-order valence-electron chi connectivity index (χ3n) is 1.78. The summed E-state index contributed by atoms with van der Waals surface area (Å²) in [5.41, 5.74) is 0. The van der Waals surface area contributed by atoms with Crippen LogP contribution in [0.1, 0.15) is 40.0 Å². The van der Waals surface area contributed by atoms with Gasteiger partial charge in [0.1, 0.15) is 0 Å². The van der Waals surface area contributed by atoms with Gasteiger partial charge in [0, 0.05) is 6.61 Å². The maximum absolute atomic E-state index is 5.81. The minimum Gasteiger partial charge on any atom is -0.420 e. The molecule has 0 N–H and O–H groups in total. The van der Waals surface area contributed by atoms with Gasteiger partial charge in [0.15, 0.2) is 9.04 Å². The van der Waals surface area contributed by atoms with Crippen molar-refractivity contribution in [3.8, 4) is 0 Å². The van der Waals surface area contributed by atoms with E-state index in [1.165, 1.54) is 31.4 Å². The van der Waals surface area contributed by atoms with Crippen LogP contribution in [0.4, 0.5) is 0 Å². The molecular weight excluding hydrogens is 152 g/mol. The van der Waals surface area contributed by atoms with Crippen molar-refractivity contribution in [1.29, 1.82) is 0 Å². The third-order valence-corrected chi connectivity index (χ3v) is 4.93. The molecule has 68 valence electrons. The number of rotatable bonds is 7. The molecule has 0 aromatic rings. The van der Waals surface area contributed by atoms with Crippen molar-refractivity contribution < 1.29 is 4.43 Å². The number of hydrogen-bond acceptors (Lipinski definition) is 1. The van der Waals surface area contributed by atoms with Gasteiger partial charge in [0.25, 0.3) is 0 Å². The lowest BCUT2D eigenvalue weighted by molar-refractivity contribution is 0.317. The molecule has 2 heteroatoms. The smallest absolute Gasteiger partial charge is 0.176 e. The first-order chi connectivity index (χ1) is 5.35. The Bertz CT molecular complexity index is 70.0. The summed E-state index contributed by atoms with van der Waals surface area (Å²) in [6.07, 6.45) is 3.79. The Kier molecular flexibility index (Phi) is 8.41. The van der Waals surface area contributed by atoms with Crippen LogP contribution in [0.15, 0.2) is 0 Å². The van der Waals surface area contributed by atoms with Gasteiger partial charge in [-0.05, 0) is 18.5 Å². The lowest BCUT2D eigenvalue weighted by Crippen LogP contribution is -2.17. The molecule has 0 spiro atoms. The van der Waals surface area contributed by atoms with Gasteiger partial charge in [-0.2, -0.15) is 0 Å². The summed E-state index contributed by atoms with van der Waals surface area (Å²) in [4.78, 5) is 0. The van der Waals surface area contributed by atoms with Crippen molar-refractivity contribution in [2.75, 3.05) is 6.61 Å². The van der Waals surface area contributed by atoms with Crippen LogP contribution in [-0.4, -0.2) is 15.6 Å². The van der Waals surface area contributed by atoms with E-state index in [2.05, 4.69) is 20.8 Å². The molecule has 0 aliphatic carbocycles. The molecule has 0 amide bonds. The van der Waals surface area contributed by atoms with E-state index in [0.29, 0.717) is 0 Å². The molecule has 11 heavy (non-hydrogen) atoms. The molecule has 0 rings (SSSR count). The highest BCUT2D eigenvalue weighted by atomic mass is 28.3. The standard InChI is InChI=1S/C9H22OSi/c1-4-7-10-11(8-5-2)9-6-3/h11H,4-9H2,1-3H3. The molecule has 0 aliphatic rings. The van der Waals surface area contributed by atoms with E-state index in [4.69, 9.17) is 4.43 Å². The zero-order valence-corrected chi connectivity index (χ0v) is 9.38. The van der Waals surface area contributed by atoms with Crippen molar-refractivity contribution in [3.05, 3.63) is 0 Å². The Morgan fingerprint density at radius 2 is 1.45 bits per heavy atom. The first-order valence-corrected chi connectivity index (χ1v) is 7.07. The van der Waals surface area contributed by atoms with Gasteiger partial charge in [-0.15, -0.1) is 0 Å². The van der Waals surface area contributed by atoms with E-state index in [1.807, 2.05) is 0 Å². The summed E-state index contributed by atoms with van der Waals surface area (Å²) >= 11 is 0. The first-order valence-electron chi connectivity index (χ1n) is 4.96. The largest absolute Gasteiger partial charge is 0.420 e.